The average molecular weight is 350 g/mol. The van der Waals surface area contributed by atoms with Crippen LogP contribution in [0, 0.1) is 5.92 Å². The Kier molecular flexibility index (Phi) is 5.51. The number of aliphatic hydroxyl groups is 1. The predicted octanol–water partition coefficient (Wildman–Crippen LogP) is 4.13. The van der Waals surface area contributed by atoms with Crippen LogP contribution in [-0.2, 0) is 10.4 Å². The maximum Gasteiger partial charge on any atom is 0.220 e. The Morgan fingerprint density at radius 1 is 1.26 bits per heavy atom. The highest BCUT2D eigenvalue weighted by molar-refractivity contribution is 7.10. The molecule has 1 saturated carbocycles. The monoisotopic (exact) mass is 349 g/mol. The van der Waals surface area contributed by atoms with Crippen LogP contribution in [0.4, 0.5) is 0 Å². The SMILES string of the molecule is O=C(CC1CCCCC1)NCC(O)(c1ccsc1)c1cccs1. The molecule has 2 aromatic heterocycles. The number of carbonyl (C=O) groups is 1. The number of hydrogen-bond acceptors (Lipinski definition) is 4. The molecule has 0 aliphatic heterocycles. The van der Waals surface area contributed by atoms with E-state index in [0.29, 0.717) is 12.3 Å². The fourth-order valence-corrected chi connectivity index (χ4v) is 4.87. The summed E-state index contributed by atoms with van der Waals surface area (Å²) in [5, 5.41) is 20.0. The zero-order valence-electron chi connectivity index (χ0n) is 13.2. The van der Waals surface area contributed by atoms with Gasteiger partial charge in [0.05, 0.1) is 6.54 Å². The van der Waals surface area contributed by atoms with Gasteiger partial charge in [0.25, 0.3) is 0 Å². The molecule has 0 aromatic carbocycles. The molecule has 1 aliphatic rings. The number of amides is 1. The summed E-state index contributed by atoms with van der Waals surface area (Å²) >= 11 is 3.08. The third-order valence-corrected chi connectivity index (χ3v) is 6.37. The van der Waals surface area contributed by atoms with Crippen LogP contribution >= 0.6 is 22.7 Å². The Balaban J connectivity index is 1.64. The summed E-state index contributed by atoms with van der Waals surface area (Å²) in [6.07, 6.45) is 6.69. The molecule has 0 radical (unpaired) electrons. The third-order valence-electron chi connectivity index (χ3n) is 4.67. The highest BCUT2D eigenvalue weighted by Crippen LogP contribution is 2.33. The molecule has 124 valence electrons. The molecule has 1 unspecified atom stereocenters. The van der Waals surface area contributed by atoms with E-state index in [1.807, 2.05) is 34.3 Å². The van der Waals surface area contributed by atoms with Crippen LogP contribution in [0.5, 0.6) is 0 Å². The van der Waals surface area contributed by atoms with Gasteiger partial charge in [0.1, 0.15) is 5.60 Å². The minimum atomic E-state index is -1.13. The van der Waals surface area contributed by atoms with Gasteiger partial charge in [-0.25, -0.2) is 0 Å². The summed E-state index contributed by atoms with van der Waals surface area (Å²) in [4.78, 5) is 13.2. The molecular weight excluding hydrogens is 326 g/mol. The van der Waals surface area contributed by atoms with Gasteiger partial charge in [-0.1, -0.05) is 25.3 Å². The quantitative estimate of drug-likeness (QED) is 0.824. The Morgan fingerprint density at radius 3 is 2.74 bits per heavy atom. The fraction of sp³-hybridized carbons (Fsp3) is 0.500. The van der Waals surface area contributed by atoms with Crippen molar-refractivity contribution in [2.75, 3.05) is 6.54 Å². The minimum Gasteiger partial charge on any atom is -0.378 e. The number of hydrogen-bond donors (Lipinski definition) is 2. The molecular formula is C18H23NO2S2. The van der Waals surface area contributed by atoms with Crippen LogP contribution in [0.3, 0.4) is 0 Å². The summed E-state index contributed by atoms with van der Waals surface area (Å²) in [6, 6.07) is 5.79. The summed E-state index contributed by atoms with van der Waals surface area (Å²) in [5.41, 5.74) is -0.279. The third kappa shape index (κ3) is 4.03. The van der Waals surface area contributed by atoms with Crippen LogP contribution in [0.15, 0.2) is 34.3 Å². The zero-order chi connectivity index (χ0) is 16.1. The van der Waals surface area contributed by atoms with E-state index in [9.17, 15) is 9.90 Å². The van der Waals surface area contributed by atoms with Gasteiger partial charge in [-0.2, -0.15) is 11.3 Å². The number of nitrogens with one attached hydrogen (secondary N) is 1. The van der Waals surface area contributed by atoms with Crippen molar-refractivity contribution in [1.29, 1.82) is 0 Å². The maximum absolute atomic E-state index is 12.3. The van der Waals surface area contributed by atoms with Gasteiger partial charge in [-0.15, -0.1) is 11.3 Å². The van der Waals surface area contributed by atoms with Gasteiger partial charge in [-0.3, -0.25) is 4.79 Å². The summed E-state index contributed by atoms with van der Waals surface area (Å²) in [6.45, 7) is 0.232. The Bertz CT molecular complexity index is 567. The van der Waals surface area contributed by atoms with Gasteiger partial charge < -0.3 is 10.4 Å². The summed E-state index contributed by atoms with van der Waals surface area (Å²) in [7, 11) is 0. The van der Waals surface area contributed by atoms with E-state index in [2.05, 4.69) is 5.32 Å². The van der Waals surface area contributed by atoms with Crippen molar-refractivity contribution < 1.29 is 9.90 Å². The normalized spacial score (nSPS) is 18.5. The standard InChI is InChI=1S/C18H23NO2S2/c20-17(11-14-5-2-1-3-6-14)19-13-18(21,15-8-10-22-12-15)16-7-4-9-23-16/h4,7-10,12,14,21H,1-3,5-6,11,13H2,(H,19,20). The first-order valence-electron chi connectivity index (χ1n) is 8.24. The average Bonchev–Trinajstić information content (AvgIpc) is 3.27. The molecule has 3 rings (SSSR count). The smallest absolute Gasteiger partial charge is 0.220 e. The van der Waals surface area contributed by atoms with E-state index in [4.69, 9.17) is 0 Å². The number of carbonyl (C=O) groups excluding carboxylic acids is 1. The molecule has 1 fully saturated rings. The van der Waals surface area contributed by atoms with E-state index in [-0.39, 0.29) is 12.5 Å². The van der Waals surface area contributed by atoms with Crippen LogP contribution in [-0.4, -0.2) is 17.6 Å². The van der Waals surface area contributed by atoms with Gasteiger partial charge in [0.15, 0.2) is 0 Å². The lowest BCUT2D eigenvalue weighted by molar-refractivity contribution is -0.123. The predicted molar refractivity (Wildman–Crippen MR) is 95.8 cm³/mol. The summed E-state index contributed by atoms with van der Waals surface area (Å²) in [5.74, 6) is 0.571. The van der Waals surface area contributed by atoms with E-state index in [0.717, 1.165) is 23.3 Å². The Hall–Kier alpha value is -1.17. The number of thiophene rings is 2. The summed E-state index contributed by atoms with van der Waals surface area (Å²) < 4.78 is 0. The Labute approximate surface area is 145 Å². The van der Waals surface area contributed by atoms with Crippen molar-refractivity contribution in [2.45, 2.75) is 44.1 Å². The van der Waals surface area contributed by atoms with Gasteiger partial charge >= 0.3 is 0 Å². The highest BCUT2D eigenvalue weighted by Gasteiger charge is 2.33. The topological polar surface area (TPSA) is 49.3 Å². The first-order chi connectivity index (χ1) is 11.2. The molecule has 23 heavy (non-hydrogen) atoms. The maximum atomic E-state index is 12.3. The molecule has 5 heteroatoms. The van der Waals surface area contributed by atoms with Crippen LogP contribution in [0.1, 0.15) is 49.0 Å². The second kappa shape index (κ2) is 7.60. The molecule has 2 heterocycles. The van der Waals surface area contributed by atoms with E-state index < -0.39 is 5.60 Å². The minimum absolute atomic E-state index is 0.0575. The molecule has 1 amide bonds. The first-order valence-corrected chi connectivity index (χ1v) is 10.1. The zero-order valence-corrected chi connectivity index (χ0v) is 14.8. The van der Waals surface area contributed by atoms with Crippen molar-refractivity contribution in [2.24, 2.45) is 5.92 Å². The van der Waals surface area contributed by atoms with Gasteiger partial charge in [-0.05, 0) is 47.0 Å². The molecule has 2 N–H and O–H groups in total. The van der Waals surface area contributed by atoms with Crippen molar-refractivity contribution in [3.05, 3.63) is 44.8 Å². The molecule has 1 atom stereocenters. The second-order valence-electron chi connectivity index (χ2n) is 6.33. The first kappa shape index (κ1) is 16.7. The van der Waals surface area contributed by atoms with Crippen molar-refractivity contribution >= 4 is 28.6 Å². The van der Waals surface area contributed by atoms with Crippen molar-refractivity contribution in [3.63, 3.8) is 0 Å². The largest absolute Gasteiger partial charge is 0.378 e. The molecule has 0 spiro atoms. The lowest BCUT2D eigenvalue weighted by atomic mass is 9.86. The Morgan fingerprint density at radius 2 is 2.09 bits per heavy atom. The fourth-order valence-electron chi connectivity index (χ4n) is 3.30. The molecule has 0 bridgehead atoms. The molecule has 0 saturated heterocycles. The van der Waals surface area contributed by atoms with Crippen LogP contribution in [0.25, 0.3) is 0 Å². The van der Waals surface area contributed by atoms with Crippen molar-refractivity contribution in [3.8, 4) is 0 Å². The molecule has 2 aromatic rings. The lowest BCUT2D eigenvalue weighted by Gasteiger charge is -2.28. The number of rotatable bonds is 6. The van der Waals surface area contributed by atoms with E-state index in [1.165, 1.54) is 30.6 Å². The second-order valence-corrected chi connectivity index (χ2v) is 8.06. The molecule has 3 nitrogen and oxygen atoms in total. The lowest BCUT2D eigenvalue weighted by Crippen LogP contribution is -2.41. The van der Waals surface area contributed by atoms with Crippen LogP contribution in [0.2, 0.25) is 0 Å². The van der Waals surface area contributed by atoms with Crippen LogP contribution < -0.4 is 5.32 Å². The van der Waals surface area contributed by atoms with Gasteiger partial charge in [0.2, 0.25) is 5.91 Å². The van der Waals surface area contributed by atoms with E-state index in [1.54, 1.807) is 11.3 Å². The molecule has 1 aliphatic carbocycles. The van der Waals surface area contributed by atoms with Gasteiger partial charge in [0, 0.05) is 16.9 Å². The highest BCUT2D eigenvalue weighted by atomic mass is 32.1. The van der Waals surface area contributed by atoms with Crippen molar-refractivity contribution in [1.82, 2.24) is 5.32 Å². The van der Waals surface area contributed by atoms with E-state index >= 15 is 0 Å².